The highest BCUT2D eigenvalue weighted by atomic mass is 16.6. The summed E-state index contributed by atoms with van der Waals surface area (Å²) in [7, 11) is 2.46. The van der Waals surface area contributed by atoms with Crippen LogP contribution in [-0.4, -0.2) is 38.9 Å². The molecule has 0 aromatic heterocycles. The average Bonchev–Trinajstić information content (AvgIpc) is 2.73. The summed E-state index contributed by atoms with van der Waals surface area (Å²) >= 11 is 0. The van der Waals surface area contributed by atoms with Crippen LogP contribution in [0.4, 0.5) is 10.5 Å². The quantitative estimate of drug-likeness (QED) is 0.416. The fraction of sp³-hybridized carbons (Fsp3) is 0.318. The normalized spacial score (nSPS) is 10.3. The highest BCUT2D eigenvalue weighted by molar-refractivity contribution is 5.95. The fourth-order valence-corrected chi connectivity index (χ4v) is 2.82. The van der Waals surface area contributed by atoms with Crippen molar-refractivity contribution < 1.29 is 28.6 Å². The predicted molar refractivity (Wildman–Crippen MR) is 108 cm³/mol. The molecule has 0 bridgehead atoms. The van der Waals surface area contributed by atoms with Crippen LogP contribution in [0.25, 0.3) is 0 Å². The number of carbonyl (C=O) groups is 3. The van der Waals surface area contributed by atoms with Crippen LogP contribution in [0.2, 0.25) is 0 Å². The number of rotatable bonds is 8. The van der Waals surface area contributed by atoms with Gasteiger partial charge in [-0.2, -0.15) is 0 Å². The van der Waals surface area contributed by atoms with E-state index in [-0.39, 0.29) is 13.0 Å². The van der Waals surface area contributed by atoms with Gasteiger partial charge in [-0.15, -0.1) is 0 Å². The van der Waals surface area contributed by atoms with Gasteiger partial charge in [-0.1, -0.05) is 42.5 Å². The molecule has 0 saturated heterocycles. The number of hydrogen-bond donors (Lipinski definition) is 1. The standard InChI is InChI=1S/C22H25NO6/c1-15-7-4-5-10-19(15)23-22(26)29-12-11-16-8-6-9-17(13-16)14-18(20(24)27-2)21(25)28-3/h4-10,13,18H,11-12,14H2,1-3H3,(H,23,26). The van der Waals surface area contributed by atoms with Gasteiger partial charge < -0.3 is 14.2 Å². The Labute approximate surface area is 170 Å². The Balaban J connectivity index is 1.90. The Bertz CT molecular complexity index is 848. The summed E-state index contributed by atoms with van der Waals surface area (Å²) in [6.45, 7) is 2.09. The second-order valence-corrected chi connectivity index (χ2v) is 6.45. The highest BCUT2D eigenvalue weighted by Crippen LogP contribution is 2.15. The van der Waals surface area contributed by atoms with E-state index in [1.807, 2.05) is 49.4 Å². The lowest BCUT2D eigenvalue weighted by Gasteiger charge is -2.13. The van der Waals surface area contributed by atoms with Crippen LogP contribution < -0.4 is 5.32 Å². The van der Waals surface area contributed by atoms with E-state index in [1.54, 1.807) is 6.07 Å². The van der Waals surface area contributed by atoms with E-state index in [2.05, 4.69) is 14.8 Å². The fourth-order valence-electron chi connectivity index (χ4n) is 2.82. The number of methoxy groups -OCH3 is 2. The van der Waals surface area contributed by atoms with Gasteiger partial charge >= 0.3 is 18.0 Å². The largest absolute Gasteiger partial charge is 0.468 e. The third-order valence-electron chi connectivity index (χ3n) is 4.41. The second-order valence-electron chi connectivity index (χ2n) is 6.45. The van der Waals surface area contributed by atoms with E-state index >= 15 is 0 Å². The molecule has 0 radical (unpaired) electrons. The van der Waals surface area contributed by atoms with E-state index in [1.165, 1.54) is 14.2 Å². The van der Waals surface area contributed by atoms with Gasteiger partial charge in [0.2, 0.25) is 0 Å². The molecule has 7 heteroatoms. The summed E-state index contributed by atoms with van der Waals surface area (Å²) in [5, 5.41) is 2.71. The summed E-state index contributed by atoms with van der Waals surface area (Å²) < 4.78 is 14.6. The molecule has 0 aliphatic heterocycles. The van der Waals surface area contributed by atoms with Gasteiger partial charge in [-0.3, -0.25) is 14.9 Å². The Morgan fingerprint density at radius 3 is 2.24 bits per heavy atom. The van der Waals surface area contributed by atoms with Gasteiger partial charge in [-0.05, 0) is 36.1 Å². The van der Waals surface area contributed by atoms with Gasteiger partial charge in [0.1, 0.15) is 0 Å². The van der Waals surface area contributed by atoms with Crippen molar-refractivity contribution in [1.29, 1.82) is 0 Å². The lowest BCUT2D eigenvalue weighted by Crippen LogP contribution is -2.28. The minimum atomic E-state index is -1.02. The maximum atomic E-state index is 11.9. The summed E-state index contributed by atoms with van der Waals surface area (Å²) in [6.07, 6.45) is 0.143. The zero-order valence-corrected chi connectivity index (χ0v) is 16.8. The summed E-state index contributed by atoms with van der Waals surface area (Å²) in [5.41, 5.74) is 3.35. The number of hydrogen-bond acceptors (Lipinski definition) is 6. The molecule has 0 fully saturated rings. The van der Waals surface area contributed by atoms with E-state index in [9.17, 15) is 14.4 Å². The molecule has 7 nitrogen and oxygen atoms in total. The lowest BCUT2D eigenvalue weighted by molar-refractivity contribution is -0.158. The van der Waals surface area contributed by atoms with Crippen molar-refractivity contribution in [3.63, 3.8) is 0 Å². The summed E-state index contributed by atoms with van der Waals surface area (Å²) in [6, 6.07) is 14.8. The molecule has 29 heavy (non-hydrogen) atoms. The molecule has 0 unspecified atom stereocenters. The molecule has 1 N–H and O–H groups in total. The molecule has 0 spiro atoms. The van der Waals surface area contributed by atoms with Gasteiger partial charge in [0.25, 0.3) is 0 Å². The second kappa shape index (κ2) is 10.8. The first-order chi connectivity index (χ1) is 13.9. The van der Waals surface area contributed by atoms with Crippen molar-refractivity contribution in [2.75, 3.05) is 26.1 Å². The van der Waals surface area contributed by atoms with Crippen LogP contribution in [0.1, 0.15) is 16.7 Å². The molecule has 0 atom stereocenters. The number of amides is 1. The van der Waals surface area contributed by atoms with Crippen molar-refractivity contribution in [3.05, 3.63) is 65.2 Å². The zero-order valence-electron chi connectivity index (χ0n) is 16.8. The van der Waals surface area contributed by atoms with Crippen LogP contribution in [0.5, 0.6) is 0 Å². The van der Waals surface area contributed by atoms with Gasteiger partial charge in [0.05, 0.1) is 20.8 Å². The molecule has 0 heterocycles. The van der Waals surface area contributed by atoms with E-state index in [0.717, 1.165) is 16.7 Å². The van der Waals surface area contributed by atoms with Crippen LogP contribution >= 0.6 is 0 Å². The predicted octanol–water partition coefficient (Wildman–Crippen LogP) is 3.29. The van der Waals surface area contributed by atoms with Crippen molar-refractivity contribution in [2.45, 2.75) is 19.8 Å². The Kier molecular flexibility index (Phi) is 8.21. The first kappa shape index (κ1) is 21.9. The van der Waals surface area contributed by atoms with Crippen LogP contribution in [0.15, 0.2) is 48.5 Å². The summed E-state index contributed by atoms with van der Waals surface area (Å²) in [4.78, 5) is 35.6. The Hall–Kier alpha value is -3.35. The molecule has 0 aliphatic rings. The lowest BCUT2D eigenvalue weighted by atomic mass is 9.97. The smallest absolute Gasteiger partial charge is 0.411 e. The monoisotopic (exact) mass is 399 g/mol. The number of carbonyl (C=O) groups excluding carboxylic acids is 3. The van der Waals surface area contributed by atoms with Crippen molar-refractivity contribution in [3.8, 4) is 0 Å². The number of ether oxygens (including phenoxy) is 3. The number of aryl methyl sites for hydroxylation is 1. The minimum absolute atomic E-state index is 0.168. The van der Waals surface area contributed by atoms with E-state index in [0.29, 0.717) is 12.1 Å². The molecular weight excluding hydrogens is 374 g/mol. The van der Waals surface area contributed by atoms with Crippen molar-refractivity contribution in [1.82, 2.24) is 0 Å². The van der Waals surface area contributed by atoms with E-state index < -0.39 is 23.9 Å². The van der Waals surface area contributed by atoms with Crippen molar-refractivity contribution in [2.24, 2.45) is 5.92 Å². The molecule has 1 amide bonds. The van der Waals surface area contributed by atoms with Crippen LogP contribution in [0, 0.1) is 12.8 Å². The van der Waals surface area contributed by atoms with Gasteiger partial charge in [0, 0.05) is 12.1 Å². The Morgan fingerprint density at radius 1 is 0.931 bits per heavy atom. The number of nitrogens with one attached hydrogen (secondary N) is 1. The maximum Gasteiger partial charge on any atom is 0.411 e. The number of esters is 2. The summed E-state index contributed by atoms with van der Waals surface area (Å²) in [5.74, 6) is -2.30. The molecule has 0 saturated carbocycles. The first-order valence-corrected chi connectivity index (χ1v) is 9.17. The number of para-hydroxylation sites is 1. The molecule has 2 aromatic carbocycles. The third kappa shape index (κ3) is 6.64. The highest BCUT2D eigenvalue weighted by Gasteiger charge is 2.28. The maximum absolute atomic E-state index is 11.9. The van der Waals surface area contributed by atoms with E-state index in [4.69, 9.17) is 4.74 Å². The topological polar surface area (TPSA) is 90.9 Å². The molecule has 2 aromatic rings. The Morgan fingerprint density at radius 2 is 1.59 bits per heavy atom. The first-order valence-electron chi connectivity index (χ1n) is 9.17. The molecule has 2 rings (SSSR count). The average molecular weight is 399 g/mol. The third-order valence-corrected chi connectivity index (χ3v) is 4.41. The van der Waals surface area contributed by atoms with Gasteiger partial charge in [-0.25, -0.2) is 4.79 Å². The SMILES string of the molecule is COC(=O)C(Cc1cccc(CCOC(=O)Nc2ccccc2C)c1)C(=O)OC. The molecule has 0 aliphatic carbocycles. The minimum Gasteiger partial charge on any atom is -0.468 e. The number of anilines is 1. The molecule has 154 valence electrons. The zero-order chi connectivity index (χ0) is 21.2. The number of benzene rings is 2. The van der Waals surface area contributed by atoms with Crippen LogP contribution in [0.3, 0.4) is 0 Å². The van der Waals surface area contributed by atoms with Crippen LogP contribution in [-0.2, 0) is 36.6 Å². The molecular formula is C22H25NO6. The van der Waals surface area contributed by atoms with Gasteiger partial charge in [0.15, 0.2) is 5.92 Å². The van der Waals surface area contributed by atoms with Crippen molar-refractivity contribution >= 4 is 23.7 Å².